The number of hydrogen-bond donors (Lipinski definition) is 1. The van der Waals surface area contributed by atoms with E-state index in [4.69, 9.17) is 4.98 Å². The van der Waals surface area contributed by atoms with Gasteiger partial charge in [0.25, 0.3) is 5.91 Å². The second kappa shape index (κ2) is 7.69. The van der Waals surface area contributed by atoms with E-state index in [1.165, 1.54) is 11.3 Å². The van der Waals surface area contributed by atoms with Gasteiger partial charge in [-0.25, -0.2) is 4.98 Å². The van der Waals surface area contributed by atoms with Gasteiger partial charge in [-0.1, -0.05) is 48.5 Å². The number of fused-ring (bicyclic) bond motifs is 2. The first-order valence-corrected chi connectivity index (χ1v) is 9.47. The van der Waals surface area contributed by atoms with Crippen LogP contribution in [0.4, 0.5) is 5.69 Å². The normalized spacial score (nSPS) is 10.9. The summed E-state index contributed by atoms with van der Waals surface area (Å²) in [7, 11) is 2.04. The van der Waals surface area contributed by atoms with Crippen molar-refractivity contribution in [2.24, 2.45) is 0 Å². The molecular formula is C24H23N3O. The molecule has 28 heavy (non-hydrogen) atoms. The van der Waals surface area contributed by atoms with Crippen molar-refractivity contribution in [3.05, 3.63) is 83.9 Å². The summed E-state index contributed by atoms with van der Waals surface area (Å²) >= 11 is 0. The van der Waals surface area contributed by atoms with Gasteiger partial charge in [0.05, 0.1) is 16.6 Å². The predicted molar refractivity (Wildman–Crippen MR) is 116 cm³/mol. The van der Waals surface area contributed by atoms with E-state index in [9.17, 15) is 4.79 Å². The quantitative estimate of drug-likeness (QED) is 0.525. The molecular weight excluding hydrogens is 346 g/mol. The molecule has 1 heterocycles. The summed E-state index contributed by atoms with van der Waals surface area (Å²) in [6.07, 6.45) is 0. The maximum Gasteiger partial charge on any atom is 0.253 e. The van der Waals surface area contributed by atoms with E-state index >= 15 is 0 Å². The first kappa shape index (κ1) is 18.0. The Hall–Kier alpha value is -3.40. The minimum atomic E-state index is -0.0911. The van der Waals surface area contributed by atoms with Gasteiger partial charge in [-0.05, 0) is 36.8 Å². The number of aryl methyl sites for hydroxylation is 1. The number of aromatic nitrogens is 1. The minimum absolute atomic E-state index is 0.0911. The topological polar surface area (TPSA) is 45.2 Å². The molecule has 0 aliphatic rings. The second-order valence-corrected chi connectivity index (χ2v) is 7.02. The van der Waals surface area contributed by atoms with Crippen molar-refractivity contribution in [3.63, 3.8) is 0 Å². The van der Waals surface area contributed by atoms with Gasteiger partial charge in [-0.15, -0.1) is 0 Å². The fraction of sp³-hybridized carbons (Fsp3) is 0.167. The van der Waals surface area contributed by atoms with E-state index in [1.807, 2.05) is 61.6 Å². The average molecular weight is 369 g/mol. The van der Waals surface area contributed by atoms with Crippen LogP contribution < -0.4 is 10.2 Å². The molecule has 0 aliphatic carbocycles. The summed E-state index contributed by atoms with van der Waals surface area (Å²) in [4.78, 5) is 19.7. The number of carbonyl (C=O) groups excluding carboxylic acids is 1. The van der Waals surface area contributed by atoms with E-state index in [0.29, 0.717) is 12.1 Å². The first-order valence-electron chi connectivity index (χ1n) is 9.47. The van der Waals surface area contributed by atoms with Crippen LogP contribution in [0.3, 0.4) is 0 Å². The molecule has 0 bridgehead atoms. The molecule has 4 rings (SSSR count). The van der Waals surface area contributed by atoms with Crippen molar-refractivity contribution in [1.82, 2.24) is 10.3 Å². The summed E-state index contributed by atoms with van der Waals surface area (Å²) < 4.78 is 0. The van der Waals surface area contributed by atoms with Crippen molar-refractivity contribution in [1.29, 1.82) is 0 Å². The molecule has 0 radical (unpaired) electrons. The van der Waals surface area contributed by atoms with Crippen LogP contribution in [-0.4, -0.2) is 31.0 Å². The lowest BCUT2D eigenvalue weighted by atomic mass is 10.1. The number of likely N-dealkylation sites (N-methyl/N-ethyl adjacent to an activating group) is 1. The lowest BCUT2D eigenvalue weighted by Crippen LogP contribution is -2.33. The molecule has 0 saturated heterocycles. The Kier molecular flexibility index (Phi) is 4.94. The zero-order valence-electron chi connectivity index (χ0n) is 16.1. The van der Waals surface area contributed by atoms with Gasteiger partial charge in [0, 0.05) is 36.6 Å². The average Bonchev–Trinajstić information content (AvgIpc) is 2.72. The van der Waals surface area contributed by atoms with Crippen molar-refractivity contribution >= 4 is 33.4 Å². The maximum absolute atomic E-state index is 12.8. The molecule has 1 aromatic heterocycles. The number of nitrogens with zero attached hydrogens (tertiary/aromatic N) is 2. The largest absolute Gasteiger partial charge is 0.373 e. The van der Waals surface area contributed by atoms with E-state index < -0.39 is 0 Å². The third-order valence-corrected chi connectivity index (χ3v) is 5.05. The molecule has 0 spiro atoms. The number of nitrogens with one attached hydrogen (secondary N) is 1. The van der Waals surface area contributed by atoms with Gasteiger partial charge in [-0.2, -0.15) is 0 Å². The number of amides is 1. The Morgan fingerprint density at radius 3 is 2.57 bits per heavy atom. The molecule has 0 saturated carbocycles. The Balaban J connectivity index is 1.51. The standard InChI is InChI=1S/C24H23N3O/c1-17-8-3-6-13-22(17)27(2)15-14-25-24(28)20-11-7-10-19-16-18-9-4-5-12-21(18)26-23(19)20/h3-13,16H,14-15H2,1-2H3,(H,25,28). The van der Waals surface area contributed by atoms with Crippen LogP contribution in [-0.2, 0) is 0 Å². The van der Waals surface area contributed by atoms with E-state index in [-0.39, 0.29) is 5.91 Å². The molecule has 140 valence electrons. The van der Waals surface area contributed by atoms with Crippen LogP contribution in [0, 0.1) is 6.92 Å². The number of rotatable bonds is 5. The highest BCUT2D eigenvalue weighted by Gasteiger charge is 2.12. The van der Waals surface area contributed by atoms with E-state index in [2.05, 4.69) is 35.3 Å². The van der Waals surface area contributed by atoms with Gasteiger partial charge in [0.15, 0.2) is 0 Å². The van der Waals surface area contributed by atoms with Gasteiger partial charge >= 0.3 is 0 Å². The molecule has 4 aromatic rings. The Labute approximate surface area is 164 Å². The maximum atomic E-state index is 12.8. The molecule has 0 unspecified atom stereocenters. The molecule has 0 atom stereocenters. The summed E-state index contributed by atoms with van der Waals surface area (Å²) in [6.45, 7) is 3.39. The molecule has 4 nitrogen and oxygen atoms in total. The first-order chi connectivity index (χ1) is 13.6. The van der Waals surface area contributed by atoms with Crippen molar-refractivity contribution < 1.29 is 4.79 Å². The fourth-order valence-electron chi connectivity index (χ4n) is 3.53. The Morgan fingerprint density at radius 1 is 0.964 bits per heavy atom. The second-order valence-electron chi connectivity index (χ2n) is 7.02. The highest BCUT2D eigenvalue weighted by molar-refractivity contribution is 6.07. The molecule has 1 N–H and O–H groups in total. The molecule has 0 fully saturated rings. The summed E-state index contributed by atoms with van der Waals surface area (Å²) in [5.41, 5.74) is 4.65. The van der Waals surface area contributed by atoms with Crippen LogP contribution in [0.2, 0.25) is 0 Å². The van der Waals surface area contributed by atoms with Crippen LogP contribution in [0.1, 0.15) is 15.9 Å². The number of pyridine rings is 1. The number of para-hydroxylation sites is 3. The van der Waals surface area contributed by atoms with E-state index in [0.717, 1.165) is 28.4 Å². The number of benzene rings is 3. The SMILES string of the molecule is Cc1ccccc1N(C)CCNC(=O)c1cccc2cc3ccccc3nc12. The van der Waals surface area contributed by atoms with Crippen LogP contribution >= 0.6 is 0 Å². The minimum Gasteiger partial charge on any atom is -0.373 e. The van der Waals surface area contributed by atoms with Crippen LogP contribution in [0.25, 0.3) is 21.8 Å². The third-order valence-electron chi connectivity index (χ3n) is 5.05. The number of anilines is 1. The smallest absolute Gasteiger partial charge is 0.253 e. The number of carbonyl (C=O) groups is 1. The summed E-state index contributed by atoms with van der Waals surface area (Å²) in [5.74, 6) is -0.0911. The summed E-state index contributed by atoms with van der Waals surface area (Å²) in [5, 5.41) is 5.09. The predicted octanol–water partition coefficient (Wildman–Crippen LogP) is 4.56. The Morgan fingerprint density at radius 2 is 1.71 bits per heavy atom. The third kappa shape index (κ3) is 3.54. The van der Waals surface area contributed by atoms with Gasteiger partial charge in [-0.3, -0.25) is 4.79 Å². The zero-order valence-corrected chi connectivity index (χ0v) is 16.1. The highest BCUT2D eigenvalue weighted by Crippen LogP contribution is 2.22. The summed E-state index contributed by atoms with van der Waals surface area (Å²) in [6, 6.07) is 24.1. The zero-order chi connectivity index (χ0) is 19.5. The monoisotopic (exact) mass is 369 g/mol. The molecule has 1 amide bonds. The molecule has 0 aliphatic heterocycles. The van der Waals surface area contributed by atoms with E-state index in [1.54, 1.807) is 0 Å². The van der Waals surface area contributed by atoms with Crippen molar-refractivity contribution in [2.75, 3.05) is 25.0 Å². The van der Waals surface area contributed by atoms with Crippen LogP contribution in [0.15, 0.2) is 72.8 Å². The van der Waals surface area contributed by atoms with Crippen molar-refractivity contribution in [3.8, 4) is 0 Å². The lowest BCUT2D eigenvalue weighted by molar-refractivity contribution is 0.0956. The van der Waals surface area contributed by atoms with Crippen LogP contribution in [0.5, 0.6) is 0 Å². The fourth-order valence-corrected chi connectivity index (χ4v) is 3.53. The number of hydrogen-bond acceptors (Lipinski definition) is 3. The molecule has 3 aromatic carbocycles. The van der Waals surface area contributed by atoms with Crippen molar-refractivity contribution in [2.45, 2.75) is 6.92 Å². The van der Waals surface area contributed by atoms with Gasteiger partial charge in [0.1, 0.15) is 0 Å². The lowest BCUT2D eigenvalue weighted by Gasteiger charge is -2.21. The highest BCUT2D eigenvalue weighted by atomic mass is 16.1. The van der Waals surface area contributed by atoms with Gasteiger partial charge in [0.2, 0.25) is 0 Å². The van der Waals surface area contributed by atoms with Gasteiger partial charge < -0.3 is 10.2 Å². The molecule has 4 heteroatoms. The Bertz CT molecular complexity index is 1150.